The molecule has 0 aliphatic carbocycles. The molecule has 0 aromatic heterocycles. The summed E-state index contributed by atoms with van der Waals surface area (Å²) in [6.45, 7) is 9.57. The van der Waals surface area contributed by atoms with E-state index in [9.17, 15) is 9.59 Å². The number of benzene rings is 2. The van der Waals surface area contributed by atoms with Crippen molar-refractivity contribution in [3.63, 3.8) is 0 Å². The zero-order valence-corrected chi connectivity index (χ0v) is 16.1. The minimum Gasteiger partial charge on any atom is -0.356 e. The molecule has 0 saturated heterocycles. The van der Waals surface area contributed by atoms with Gasteiger partial charge in [0.25, 0.3) is 0 Å². The van der Waals surface area contributed by atoms with Crippen LogP contribution in [0.2, 0.25) is 0 Å². The summed E-state index contributed by atoms with van der Waals surface area (Å²) in [7, 11) is 0. The van der Waals surface area contributed by atoms with Crippen molar-refractivity contribution >= 4 is 12.3 Å². The maximum atomic E-state index is 13.0. The molecular weight excluding hydrogens is 348 g/mol. The Kier molecular flexibility index (Phi) is 7.52. The van der Waals surface area contributed by atoms with Gasteiger partial charge in [0.15, 0.2) is 0 Å². The van der Waals surface area contributed by atoms with Gasteiger partial charge in [-0.2, -0.15) is 0 Å². The molecule has 2 N–H and O–H groups in total. The van der Waals surface area contributed by atoms with E-state index in [4.69, 9.17) is 0 Å². The predicted molar refractivity (Wildman–Crippen MR) is 114 cm³/mol. The van der Waals surface area contributed by atoms with Crippen LogP contribution in [0.4, 0.5) is 0 Å². The van der Waals surface area contributed by atoms with Crippen molar-refractivity contribution < 1.29 is 9.59 Å². The maximum absolute atomic E-state index is 13.0. The molecule has 144 valence electrons. The largest absolute Gasteiger partial charge is 0.356 e. The number of carbonyl (C=O) groups excluding carboxylic acids is 2. The minimum atomic E-state index is -0.934. The van der Waals surface area contributed by atoms with E-state index in [2.05, 4.69) is 23.8 Å². The number of nitrogens with one attached hydrogen (secondary N) is 2. The van der Waals surface area contributed by atoms with Gasteiger partial charge >= 0.3 is 0 Å². The summed E-state index contributed by atoms with van der Waals surface area (Å²) in [6.07, 6.45) is 6.01. The minimum absolute atomic E-state index is 0.151. The van der Waals surface area contributed by atoms with E-state index in [0.717, 1.165) is 16.7 Å². The predicted octanol–water partition coefficient (Wildman–Crippen LogP) is 3.87. The van der Waals surface area contributed by atoms with Crippen LogP contribution in [0.5, 0.6) is 0 Å². The van der Waals surface area contributed by atoms with Crippen molar-refractivity contribution in [2.24, 2.45) is 0 Å². The molecule has 0 aliphatic rings. The van der Waals surface area contributed by atoms with Gasteiger partial charge in [0.2, 0.25) is 12.3 Å². The van der Waals surface area contributed by atoms with Crippen LogP contribution in [0.1, 0.15) is 24.5 Å². The van der Waals surface area contributed by atoms with Crippen molar-refractivity contribution in [1.29, 1.82) is 0 Å². The second-order valence-corrected chi connectivity index (χ2v) is 6.48. The number of allylic oxidation sites excluding steroid dienone is 2. The zero-order valence-electron chi connectivity index (χ0n) is 16.1. The van der Waals surface area contributed by atoms with E-state index in [1.54, 1.807) is 19.1 Å². The highest BCUT2D eigenvalue weighted by Crippen LogP contribution is 2.37. The molecule has 0 saturated carbocycles. The number of hydrogen-bond acceptors (Lipinski definition) is 2. The molecule has 0 fully saturated rings. The molecule has 0 radical (unpaired) electrons. The average molecular weight is 374 g/mol. The van der Waals surface area contributed by atoms with Gasteiger partial charge in [0, 0.05) is 12.5 Å². The number of hydrogen-bond donors (Lipinski definition) is 2. The first kappa shape index (κ1) is 20.9. The molecule has 0 aliphatic heterocycles. The molecule has 4 nitrogen and oxygen atoms in total. The first-order chi connectivity index (χ1) is 13.6. The van der Waals surface area contributed by atoms with Crippen LogP contribution in [-0.2, 0) is 15.1 Å². The maximum Gasteiger partial charge on any atom is 0.223 e. The third-order valence-electron chi connectivity index (χ3n) is 4.53. The lowest BCUT2D eigenvalue weighted by Gasteiger charge is -2.38. The highest BCUT2D eigenvalue weighted by Gasteiger charge is 2.38. The molecule has 2 rings (SSSR count). The highest BCUT2D eigenvalue weighted by atomic mass is 16.2. The van der Waals surface area contributed by atoms with Crippen molar-refractivity contribution in [3.05, 3.63) is 109 Å². The number of carbonyl (C=O) groups is 2. The topological polar surface area (TPSA) is 58.2 Å². The van der Waals surface area contributed by atoms with Crippen molar-refractivity contribution in [3.8, 4) is 0 Å². The van der Waals surface area contributed by atoms with Crippen LogP contribution in [-0.4, -0.2) is 18.4 Å². The van der Waals surface area contributed by atoms with Gasteiger partial charge < -0.3 is 10.6 Å². The monoisotopic (exact) mass is 374 g/mol. The number of rotatable bonds is 10. The third kappa shape index (κ3) is 4.65. The van der Waals surface area contributed by atoms with Gasteiger partial charge in [-0.3, -0.25) is 9.59 Å². The summed E-state index contributed by atoms with van der Waals surface area (Å²) in [5.74, 6) is -0.189. The summed E-state index contributed by atoms with van der Waals surface area (Å²) >= 11 is 0. The summed E-state index contributed by atoms with van der Waals surface area (Å²) < 4.78 is 0. The summed E-state index contributed by atoms with van der Waals surface area (Å²) in [6, 6.07) is 19.2. The Bertz CT molecular complexity index is 802. The van der Waals surface area contributed by atoms with Gasteiger partial charge in [-0.25, -0.2) is 0 Å². The molecule has 0 spiro atoms. The molecule has 0 heterocycles. The Morgan fingerprint density at radius 2 is 1.57 bits per heavy atom. The van der Waals surface area contributed by atoms with Crippen LogP contribution < -0.4 is 10.6 Å². The van der Waals surface area contributed by atoms with Crippen LogP contribution >= 0.6 is 0 Å². The fraction of sp³-hybridized carbons (Fsp3) is 0.167. The molecule has 1 atom stereocenters. The van der Waals surface area contributed by atoms with Gasteiger partial charge in [-0.05, 0) is 23.6 Å². The normalized spacial score (nSPS) is 12.5. The Morgan fingerprint density at radius 1 is 1.04 bits per heavy atom. The molecule has 2 aromatic rings. The Morgan fingerprint density at radius 3 is 2.00 bits per heavy atom. The lowest BCUT2D eigenvalue weighted by atomic mass is 9.76. The lowest BCUT2D eigenvalue weighted by molar-refractivity contribution is -0.122. The van der Waals surface area contributed by atoms with Crippen molar-refractivity contribution in [2.45, 2.75) is 24.9 Å². The first-order valence-corrected chi connectivity index (χ1v) is 9.15. The SMILES string of the molecule is C=C/C=C(\C=C)C(NC(=O)CC(C)NC=O)(c1ccccc1)c1ccccc1. The molecule has 2 aromatic carbocycles. The highest BCUT2D eigenvalue weighted by molar-refractivity contribution is 5.80. The average Bonchev–Trinajstić information content (AvgIpc) is 2.72. The smallest absolute Gasteiger partial charge is 0.223 e. The summed E-state index contributed by atoms with van der Waals surface area (Å²) in [5, 5.41) is 5.82. The van der Waals surface area contributed by atoms with E-state index >= 15 is 0 Å². The summed E-state index contributed by atoms with van der Waals surface area (Å²) in [4.78, 5) is 23.6. The van der Waals surface area contributed by atoms with E-state index in [-0.39, 0.29) is 18.4 Å². The van der Waals surface area contributed by atoms with E-state index < -0.39 is 5.54 Å². The van der Waals surface area contributed by atoms with Gasteiger partial charge in [0.05, 0.1) is 0 Å². The lowest BCUT2D eigenvalue weighted by Crippen LogP contribution is -2.49. The first-order valence-electron chi connectivity index (χ1n) is 9.15. The van der Waals surface area contributed by atoms with E-state index in [1.807, 2.05) is 66.7 Å². The fourth-order valence-corrected chi connectivity index (χ4v) is 3.28. The van der Waals surface area contributed by atoms with Crippen LogP contribution in [0.25, 0.3) is 0 Å². The third-order valence-corrected chi connectivity index (χ3v) is 4.53. The van der Waals surface area contributed by atoms with E-state index in [1.165, 1.54) is 0 Å². The second kappa shape index (κ2) is 10.1. The zero-order chi connectivity index (χ0) is 20.4. The quantitative estimate of drug-likeness (QED) is 0.490. The van der Waals surface area contributed by atoms with Crippen LogP contribution in [0.3, 0.4) is 0 Å². The molecular formula is C24H26N2O2. The standard InChI is InChI=1S/C24H26N2O2/c1-4-12-20(5-2)24(21-13-8-6-9-14-21,22-15-10-7-11-16-22)26-23(28)17-19(3)25-18-27/h4-16,18-19H,1-2,17H2,3H3,(H,25,27)(H,26,28)/b20-12+. The Labute approximate surface area is 166 Å². The number of amides is 2. The van der Waals surface area contributed by atoms with Crippen LogP contribution in [0.15, 0.2) is 97.6 Å². The van der Waals surface area contributed by atoms with Crippen molar-refractivity contribution in [1.82, 2.24) is 10.6 Å². The van der Waals surface area contributed by atoms with Gasteiger partial charge in [-0.1, -0.05) is 92.0 Å². The molecule has 1 unspecified atom stereocenters. The molecule has 0 bridgehead atoms. The Hall–Kier alpha value is -3.40. The van der Waals surface area contributed by atoms with Crippen LogP contribution in [0, 0.1) is 0 Å². The second-order valence-electron chi connectivity index (χ2n) is 6.48. The van der Waals surface area contributed by atoms with Gasteiger partial charge in [-0.15, -0.1) is 0 Å². The van der Waals surface area contributed by atoms with E-state index in [0.29, 0.717) is 6.41 Å². The summed E-state index contributed by atoms with van der Waals surface area (Å²) in [5.41, 5.74) is 1.66. The Balaban J connectivity index is 2.65. The van der Waals surface area contributed by atoms with Crippen molar-refractivity contribution in [2.75, 3.05) is 0 Å². The molecule has 4 heteroatoms. The molecule has 28 heavy (non-hydrogen) atoms. The molecule has 2 amide bonds. The fourth-order valence-electron chi connectivity index (χ4n) is 3.28. The van der Waals surface area contributed by atoms with Gasteiger partial charge in [0.1, 0.15) is 5.54 Å².